The first kappa shape index (κ1) is 15.5. The van der Waals surface area contributed by atoms with Gasteiger partial charge < -0.3 is 5.73 Å². The summed E-state index contributed by atoms with van der Waals surface area (Å²) in [5.74, 6) is 0.193. The number of sulfonamides is 1. The first-order valence-corrected chi connectivity index (χ1v) is 8.98. The van der Waals surface area contributed by atoms with Gasteiger partial charge in [0, 0.05) is 12.6 Å². The molecule has 0 radical (unpaired) electrons. The third kappa shape index (κ3) is 4.04. The normalized spacial score (nSPS) is 20.9. The van der Waals surface area contributed by atoms with E-state index in [1.54, 1.807) is 4.31 Å². The zero-order valence-corrected chi connectivity index (χ0v) is 12.7. The van der Waals surface area contributed by atoms with Gasteiger partial charge in [-0.3, -0.25) is 0 Å². The number of hydrogen-bond donors (Lipinski definition) is 1. The molecule has 1 aliphatic rings. The smallest absolute Gasteiger partial charge is 0.214 e. The van der Waals surface area contributed by atoms with Crippen LogP contribution < -0.4 is 5.73 Å². The summed E-state index contributed by atoms with van der Waals surface area (Å²) < 4.78 is 26.8. The molecular weight excluding hydrogens is 272 g/mol. The van der Waals surface area contributed by atoms with E-state index in [2.05, 4.69) is 0 Å². The van der Waals surface area contributed by atoms with E-state index in [9.17, 15) is 8.42 Å². The molecule has 0 aromatic heterocycles. The largest absolute Gasteiger partial charge is 0.330 e. The zero-order chi connectivity index (χ0) is 14.4. The molecule has 2 rings (SSSR count). The molecule has 20 heavy (non-hydrogen) atoms. The zero-order valence-electron chi connectivity index (χ0n) is 11.9. The van der Waals surface area contributed by atoms with Gasteiger partial charge in [0.2, 0.25) is 10.0 Å². The monoisotopic (exact) mass is 296 g/mol. The molecule has 0 amide bonds. The van der Waals surface area contributed by atoms with Gasteiger partial charge in [0.05, 0.1) is 5.75 Å². The minimum Gasteiger partial charge on any atom is -0.330 e. The highest BCUT2D eigenvalue weighted by atomic mass is 32.2. The second kappa shape index (κ2) is 7.20. The Morgan fingerprint density at radius 2 is 1.95 bits per heavy atom. The molecule has 1 aliphatic heterocycles. The van der Waals surface area contributed by atoms with Gasteiger partial charge in [0.15, 0.2) is 0 Å². The molecular formula is C15H24N2O2S. The fraction of sp³-hybridized carbons (Fsp3) is 0.600. The topological polar surface area (TPSA) is 63.4 Å². The highest BCUT2D eigenvalue weighted by Crippen LogP contribution is 2.23. The van der Waals surface area contributed by atoms with E-state index < -0.39 is 10.0 Å². The van der Waals surface area contributed by atoms with Crippen LogP contribution >= 0.6 is 0 Å². The van der Waals surface area contributed by atoms with Crippen LogP contribution in [-0.4, -0.2) is 37.6 Å². The Balaban J connectivity index is 2.01. The molecule has 1 fully saturated rings. The van der Waals surface area contributed by atoms with Crippen LogP contribution in [0, 0.1) is 0 Å². The molecule has 0 spiro atoms. The molecule has 1 heterocycles. The van der Waals surface area contributed by atoms with E-state index in [0.717, 1.165) is 31.2 Å². The van der Waals surface area contributed by atoms with Crippen molar-refractivity contribution in [2.75, 3.05) is 18.8 Å². The minimum absolute atomic E-state index is 0.106. The van der Waals surface area contributed by atoms with Crippen LogP contribution in [0.15, 0.2) is 30.3 Å². The Hall–Kier alpha value is -0.910. The Bertz CT molecular complexity index is 500. The number of nitrogens with two attached hydrogens (primary N) is 1. The molecule has 1 unspecified atom stereocenters. The van der Waals surface area contributed by atoms with E-state index in [1.165, 1.54) is 0 Å². The maximum atomic E-state index is 12.5. The maximum absolute atomic E-state index is 12.5. The van der Waals surface area contributed by atoms with Gasteiger partial charge in [-0.1, -0.05) is 36.8 Å². The fourth-order valence-corrected chi connectivity index (χ4v) is 4.63. The molecule has 0 bridgehead atoms. The quantitative estimate of drug-likeness (QED) is 0.870. The summed E-state index contributed by atoms with van der Waals surface area (Å²) in [7, 11) is -3.18. The standard InChI is InChI=1S/C15H24N2O2S/c16-11-9-15-8-4-5-12-17(15)20(18,19)13-10-14-6-2-1-3-7-14/h1-3,6-7,15H,4-5,8-13,16H2. The Kier molecular flexibility index (Phi) is 5.57. The van der Waals surface area contributed by atoms with Crippen LogP contribution in [-0.2, 0) is 16.4 Å². The van der Waals surface area contributed by atoms with Gasteiger partial charge in [-0.25, -0.2) is 8.42 Å². The first-order chi connectivity index (χ1) is 9.63. The van der Waals surface area contributed by atoms with Crippen molar-refractivity contribution in [1.29, 1.82) is 0 Å². The lowest BCUT2D eigenvalue weighted by Gasteiger charge is -2.34. The highest BCUT2D eigenvalue weighted by Gasteiger charge is 2.31. The SMILES string of the molecule is NCCC1CCCCN1S(=O)(=O)CCc1ccccc1. The summed E-state index contributed by atoms with van der Waals surface area (Å²) in [6.45, 7) is 1.21. The molecule has 112 valence electrons. The van der Waals surface area contributed by atoms with E-state index >= 15 is 0 Å². The lowest BCUT2D eigenvalue weighted by Crippen LogP contribution is -2.45. The van der Waals surface area contributed by atoms with Crippen molar-refractivity contribution in [3.05, 3.63) is 35.9 Å². The summed E-state index contributed by atoms with van der Waals surface area (Å²) in [6.07, 6.45) is 4.36. The third-order valence-electron chi connectivity index (χ3n) is 3.92. The lowest BCUT2D eigenvalue weighted by molar-refractivity contribution is 0.243. The van der Waals surface area contributed by atoms with Gasteiger partial charge in [0.25, 0.3) is 0 Å². The van der Waals surface area contributed by atoms with Crippen molar-refractivity contribution >= 4 is 10.0 Å². The van der Waals surface area contributed by atoms with Crippen LogP contribution in [0.1, 0.15) is 31.2 Å². The number of piperidine rings is 1. The van der Waals surface area contributed by atoms with Crippen molar-refractivity contribution in [1.82, 2.24) is 4.31 Å². The predicted molar refractivity (Wildman–Crippen MR) is 81.9 cm³/mol. The first-order valence-electron chi connectivity index (χ1n) is 7.37. The number of aryl methyl sites for hydroxylation is 1. The number of hydrogen-bond acceptors (Lipinski definition) is 3. The molecule has 5 heteroatoms. The van der Waals surface area contributed by atoms with Crippen LogP contribution in [0.25, 0.3) is 0 Å². The summed E-state index contributed by atoms with van der Waals surface area (Å²) in [4.78, 5) is 0. The fourth-order valence-electron chi connectivity index (χ4n) is 2.83. The van der Waals surface area contributed by atoms with Gasteiger partial charge >= 0.3 is 0 Å². The number of rotatable bonds is 6. The lowest BCUT2D eigenvalue weighted by atomic mass is 10.0. The molecule has 1 saturated heterocycles. The van der Waals surface area contributed by atoms with Gasteiger partial charge in [-0.2, -0.15) is 4.31 Å². The van der Waals surface area contributed by atoms with Gasteiger partial charge in [-0.15, -0.1) is 0 Å². The van der Waals surface area contributed by atoms with Crippen molar-refractivity contribution < 1.29 is 8.42 Å². The van der Waals surface area contributed by atoms with Gasteiger partial charge in [0.1, 0.15) is 0 Å². The van der Waals surface area contributed by atoms with Crippen LogP contribution in [0.2, 0.25) is 0 Å². The maximum Gasteiger partial charge on any atom is 0.214 e. The Morgan fingerprint density at radius 1 is 1.20 bits per heavy atom. The Morgan fingerprint density at radius 3 is 2.65 bits per heavy atom. The van der Waals surface area contributed by atoms with E-state index in [0.29, 0.717) is 19.5 Å². The van der Waals surface area contributed by atoms with E-state index in [1.807, 2.05) is 30.3 Å². The van der Waals surface area contributed by atoms with Gasteiger partial charge in [-0.05, 0) is 37.8 Å². The Labute approximate surface area is 122 Å². The summed E-state index contributed by atoms with van der Waals surface area (Å²) in [6, 6.07) is 9.89. The third-order valence-corrected chi connectivity index (χ3v) is 5.84. The van der Waals surface area contributed by atoms with Crippen molar-refractivity contribution in [2.24, 2.45) is 5.73 Å². The molecule has 0 aliphatic carbocycles. The average Bonchev–Trinajstić information content (AvgIpc) is 2.47. The minimum atomic E-state index is -3.18. The average molecular weight is 296 g/mol. The van der Waals surface area contributed by atoms with Crippen LogP contribution in [0.3, 0.4) is 0 Å². The number of benzene rings is 1. The van der Waals surface area contributed by atoms with E-state index in [-0.39, 0.29) is 11.8 Å². The molecule has 1 atom stereocenters. The molecule has 0 saturated carbocycles. The molecule has 2 N–H and O–H groups in total. The summed E-state index contributed by atoms with van der Waals surface area (Å²) in [5.41, 5.74) is 6.68. The molecule has 1 aromatic carbocycles. The second-order valence-corrected chi connectivity index (χ2v) is 7.43. The highest BCUT2D eigenvalue weighted by molar-refractivity contribution is 7.89. The van der Waals surface area contributed by atoms with Crippen molar-refractivity contribution in [2.45, 2.75) is 38.1 Å². The van der Waals surface area contributed by atoms with Crippen molar-refractivity contribution in [3.63, 3.8) is 0 Å². The van der Waals surface area contributed by atoms with Crippen molar-refractivity contribution in [3.8, 4) is 0 Å². The second-order valence-electron chi connectivity index (χ2n) is 5.39. The van der Waals surface area contributed by atoms with E-state index in [4.69, 9.17) is 5.73 Å². The number of nitrogens with zero attached hydrogens (tertiary/aromatic N) is 1. The summed E-state index contributed by atoms with van der Waals surface area (Å²) in [5, 5.41) is 0. The summed E-state index contributed by atoms with van der Waals surface area (Å²) >= 11 is 0. The van der Waals surface area contributed by atoms with Crippen LogP contribution in [0.4, 0.5) is 0 Å². The molecule has 4 nitrogen and oxygen atoms in total. The van der Waals surface area contributed by atoms with Crippen LogP contribution in [0.5, 0.6) is 0 Å². The predicted octanol–water partition coefficient (Wildman–Crippen LogP) is 1.76. The molecule has 1 aromatic rings.